The second-order valence-corrected chi connectivity index (χ2v) is 8.81. The van der Waals surface area contributed by atoms with Crippen LogP contribution in [0.15, 0.2) is 16.3 Å². The molecule has 1 fully saturated rings. The SMILES string of the molecule is CCNCc1ccc(S(=O)(=O)N2CCCCCC2CC)s1. The quantitative estimate of drug-likeness (QED) is 0.871. The van der Waals surface area contributed by atoms with E-state index >= 15 is 0 Å². The summed E-state index contributed by atoms with van der Waals surface area (Å²) in [6, 6.07) is 3.86. The highest BCUT2D eigenvalue weighted by Gasteiger charge is 2.32. The largest absolute Gasteiger partial charge is 0.312 e. The van der Waals surface area contributed by atoms with Crippen molar-refractivity contribution in [2.75, 3.05) is 13.1 Å². The molecule has 0 radical (unpaired) electrons. The van der Waals surface area contributed by atoms with Gasteiger partial charge < -0.3 is 5.32 Å². The lowest BCUT2D eigenvalue weighted by molar-refractivity contribution is 0.316. The molecule has 0 aromatic carbocycles. The number of hydrogen-bond donors (Lipinski definition) is 1. The molecular formula is C15H26N2O2S2. The summed E-state index contributed by atoms with van der Waals surface area (Å²) in [5.74, 6) is 0. The first-order valence-electron chi connectivity index (χ1n) is 7.90. The van der Waals surface area contributed by atoms with Crippen LogP contribution < -0.4 is 5.32 Å². The maximum Gasteiger partial charge on any atom is 0.252 e. The van der Waals surface area contributed by atoms with Gasteiger partial charge >= 0.3 is 0 Å². The molecule has 1 aliphatic heterocycles. The predicted molar refractivity (Wildman–Crippen MR) is 88.1 cm³/mol. The molecular weight excluding hydrogens is 304 g/mol. The minimum absolute atomic E-state index is 0.164. The zero-order chi connectivity index (χ0) is 15.3. The Morgan fingerprint density at radius 2 is 2.10 bits per heavy atom. The van der Waals surface area contributed by atoms with Crippen molar-refractivity contribution in [3.8, 4) is 0 Å². The van der Waals surface area contributed by atoms with Crippen molar-refractivity contribution in [1.82, 2.24) is 9.62 Å². The van der Waals surface area contributed by atoms with Crippen molar-refractivity contribution in [2.45, 2.75) is 62.7 Å². The highest BCUT2D eigenvalue weighted by molar-refractivity contribution is 7.91. The molecule has 1 aromatic heterocycles. The summed E-state index contributed by atoms with van der Waals surface area (Å²) in [5.41, 5.74) is 0. The van der Waals surface area contributed by atoms with Crippen LogP contribution in [0.4, 0.5) is 0 Å². The Labute approximate surface area is 132 Å². The van der Waals surface area contributed by atoms with Gasteiger partial charge in [-0.2, -0.15) is 4.31 Å². The van der Waals surface area contributed by atoms with Crippen LogP contribution in [-0.2, 0) is 16.6 Å². The highest BCUT2D eigenvalue weighted by atomic mass is 32.2. The van der Waals surface area contributed by atoms with Crippen molar-refractivity contribution in [3.05, 3.63) is 17.0 Å². The number of rotatable bonds is 6. The normalized spacial score (nSPS) is 21.3. The molecule has 0 saturated carbocycles. The van der Waals surface area contributed by atoms with Crippen LogP contribution in [0.3, 0.4) is 0 Å². The fraction of sp³-hybridized carbons (Fsp3) is 0.733. The summed E-state index contributed by atoms with van der Waals surface area (Å²) in [6.07, 6.45) is 5.14. The molecule has 2 heterocycles. The number of sulfonamides is 1. The van der Waals surface area contributed by atoms with Crippen LogP contribution in [0, 0.1) is 0 Å². The number of nitrogens with one attached hydrogen (secondary N) is 1. The van der Waals surface area contributed by atoms with Crippen LogP contribution in [-0.4, -0.2) is 31.9 Å². The van der Waals surface area contributed by atoms with E-state index in [9.17, 15) is 8.42 Å². The summed E-state index contributed by atoms with van der Waals surface area (Å²) in [7, 11) is -3.33. The fourth-order valence-electron chi connectivity index (χ4n) is 2.83. The van der Waals surface area contributed by atoms with Gasteiger partial charge in [0.25, 0.3) is 10.0 Å². The van der Waals surface area contributed by atoms with E-state index < -0.39 is 10.0 Å². The molecule has 1 N–H and O–H groups in total. The van der Waals surface area contributed by atoms with Gasteiger partial charge in [-0.15, -0.1) is 11.3 Å². The second kappa shape index (κ2) is 7.72. The molecule has 1 atom stereocenters. The number of nitrogens with zero attached hydrogens (tertiary/aromatic N) is 1. The van der Waals surface area contributed by atoms with E-state index in [0.717, 1.165) is 50.1 Å². The van der Waals surface area contributed by atoms with Gasteiger partial charge in [0, 0.05) is 24.0 Å². The lowest BCUT2D eigenvalue weighted by Gasteiger charge is -2.27. The Balaban J connectivity index is 2.20. The Kier molecular flexibility index (Phi) is 6.22. The van der Waals surface area contributed by atoms with E-state index in [1.807, 2.05) is 13.0 Å². The molecule has 0 spiro atoms. The summed E-state index contributed by atoms with van der Waals surface area (Å²) in [5, 5.41) is 3.24. The molecule has 120 valence electrons. The number of thiophene rings is 1. The number of hydrogen-bond acceptors (Lipinski definition) is 4. The molecule has 1 saturated heterocycles. The summed E-state index contributed by atoms with van der Waals surface area (Å²) >= 11 is 1.40. The standard InChI is InChI=1S/C15H26N2O2S2/c1-3-13-8-6-5-7-11-17(13)21(18,19)15-10-9-14(20-15)12-16-4-2/h9-10,13,16H,3-8,11-12H2,1-2H3. The maximum atomic E-state index is 12.9. The van der Waals surface area contributed by atoms with Gasteiger partial charge in [0.1, 0.15) is 4.21 Å². The first-order chi connectivity index (χ1) is 10.1. The van der Waals surface area contributed by atoms with Crippen LogP contribution in [0.2, 0.25) is 0 Å². The fourth-order valence-corrected chi connectivity index (χ4v) is 6.05. The Bertz CT molecular complexity index is 540. The Hall–Kier alpha value is -0.430. The van der Waals surface area contributed by atoms with Gasteiger partial charge in [0.05, 0.1) is 0 Å². The maximum absolute atomic E-state index is 12.9. The third-order valence-electron chi connectivity index (χ3n) is 4.04. The highest BCUT2D eigenvalue weighted by Crippen LogP contribution is 2.30. The van der Waals surface area contributed by atoms with Gasteiger partial charge in [-0.1, -0.05) is 26.7 Å². The lowest BCUT2D eigenvalue weighted by atomic mass is 10.1. The first-order valence-corrected chi connectivity index (χ1v) is 10.2. The van der Waals surface area contributed by atoms with E-state index in [-0.39, 0.29) is 6.04 Å². The minimum Gasteiger partial charge on any atom is -0.312 e. The van der Waals surface area contributed by atoms with Crippen LogP contribution >= 0.6 is 11.3 Å². The van der Waals surface area contributed by atoms with Crippen molar-refractivity contribution >= 4 is 21.4 Å². The molecule has 1 aromatic rings. The van der Waals surface area contributed by atoms with Gasteiger partial charge in [0.15, 0.2) is 0 Å². The van der Waals surface area contributed by atoms with Crippen LogP contribution in [0.1, 0.15) is 50.8 Å². The molecule has 2 rings (SSSR count). The van der Waals surface area contributed by atoms with Gasteiger partial charge in [-0.3, -0.25) is 0 Å². The molecule has 1 aliphatic rings. The average Bonchev–Trinajstić information content (AvgIpc) is 2.82. The molecule has 21 heavy (non-hydrogen) atoms. The molecule has 6 heteroatoms. The van der Waals surface area contributed by atoms with E-state index in [2.05, 4.69) is 12.2 Å². The van der Waals surface area contributed by atoms with Gasteiger partial charge in [0.2, 0.25) is 0 Å². The molecule has 4 nitrogen and oxygen atoms in total. The van der Waals surface area contributed by atoms with Crippen molar-refractivity contribution in [2.24, 2.45) is 0 Å². The Morgan fingerprint density at radius 1 is 1.29 bits per heavy atom. The van der Waals surface area contributed by atoms with Gasteiger partial charge in [-0.05, 0) is 37.9 Å². The molecule has 0 aliphatic carbocycles. The molecule has 0 amide bonds. The second-order valence-electron chi connectivity index (χ2n) is 5.53. The topological polar surface area (TPSA) is 49.4 Å². The zero-order valence-corrected chi connectivity index (χ0v) is 14.6. The summed E-state index contributed by atoms with van der Waals surface area (Å²) in [4.78, 5) is 1.08. The van der Waals surface area contributed by atoms with E-state index in [4.69, 9.17) is 0 Å². The van der Waals surface area contributed by atoms with E-state index in [1.54, 1.807) is 10.4 Å². The molecule has 1 unspecified atom stereocenters. The predicted octanol–water partition coefficient (Wildman–Crippen LogP) is 3.20. The monoisotopic (exact) mass is 330 g/mol. The van der Waals surface area contributed by atoms with Crippen LogP contribution in [0.5, 0.6) is 0 Å². The minimum atomic E-state index is -3.33. The van der Waals surface area contributed by atoms with Crippen LogP contribution in [0.25, 0.3) is 0 Å². The van der Waals surface area contributed by atoms with E-state index in [1.165, 1.54) is 11.3 Å². The summed E-state index contributed by atoms with van der Waals surface area (Å²) in [6.45, 7) is 6.44. The zero-order valence-electron chi connectivity index (χ0n) is 13.0. The van der Waals surface area contributed by atoms with Crippen molar-refractivity contribution in [1.29, 1.82) is 0 Å². The smallest absolute Gasteiger partial charge is 0.252 e. The third-order valence-corrected chi connectivity index (χ3v) is 7.55. The van der Waals surface area contributed by atoms with Crippen molar-refractivity contribution < 1.29 is 8.42 Å². The van der Waals surface area contributed by atoms with Crippen molar-refractivity contribution in [3.63, 3.8) is 0 Å². The Morgan fingerprint density at radius 3 is 2.81 bits per heavy atom. The molecule has 0 bridgehead atoms. The lowest BCUT2D eigenvalue weighted by Crippen LogP contribution is -2.39. The van der Waals surface area contributed by atoms with E-state index in [0.29, 0.717) is 10.8 Å². The average molecular weight is 331 g/mol. The first kappa shape index (κ1) is 16.9. The third kappa shape index (κ3) is 4.06. The summed E-state index contributed by atoms with van der Waals surface area (Å²) < 4.78 is 28.1. The van der Waals surface area contributed by atoms with Gasteiger partial charge in [-0.25, -0.2) is 8.42 Å².